The van der Waals surface area contributed by atoms with E-state index in [2.05, 4.69) is 20.7 Å². The summed E-state index contributed by atoms with van der Waals surface area (Å²) in [7, 11) is 0. The molecule has 0 radical (unpaired) electrons. The molecular weight excluding hydrogens is 252 g/mol. The number of nitro groups is 1. The maximum atomic E-state index is 10.9. The highest BCUT2D eigenvalue weighted by molar-refractivity contribution is 5.56. The van der Waals surface area contributed by atoms with Crippen LogP contribution in [-0.4, -0.2) is 34.6 Å². The van der Waals surface area contributed by atoms with Crippen LogP contribution in [0.1, 0.15) is 12.8 Å². The molecule has 0 spiro atoms. The molecule has 0 aliphatic carbocycles. The van der Waals surface area contributed by atoms with Crippen LogP contribution in [0.3, 0.4) is 0 Å². The van der Waals surface area contributed by atoms with Gasteiger partial charge in [-0.3, -0.25) is 15.5 Å². The Balaban J connectivity index is 2.06. The van der Waals surface area contributed by atoms with Gasteiger partial charge in [0.15, 0.2) is 0 Å². The molecule has 1 aliphatic rings. The number of aromatic nitrogens is 2. The van der Waals surface area contributed by atoms with Gasteiger partial charge in [-0.15, -0.1) is 0 Å². The van der Waals surface area contributed by atoms with Gasteiger partial charge >= 0.3 is 5.69 Å². The monoisotopic (exact) mass is 268 g/mol. The quantitative estimate of drug-likeness (QED) is 0.400. The van der Waals surface area contributed by atoms with Gasteiger partial charge in [0.25, 0.3) is 0 Å². The molecule has 2 heterocycles. The third kappa shape index (κ3) is 3.48. The van der Waals surface area contributed by atoms with Crippen molar-refractivity contribution in [3.63, 3.8) is 0 Å². The summed E-state index contributed by atoms with van der Waals surface area (Å²) in [4.78, 5) is 18.0. The average Bonchev–Trinajstić information content (AvgIpc) is 2.45. The number of nitrogens with two attached hydrogens (primary N) is 1. The Labute approximate surface area is 109 Å². The minimum absolute atomic E-state index is 0.132. The molecule has 0 amide bonds. The molecule has 9 heteroatoms. The largest absolute Gasteiger partial charge is 0.381 e. The van der Waals surface area contributed by atoms with E-state index >= 15 is 0 Å². The van der Waals surface area contributed by atoms with Gasteiger partial charge in [0, 0.05) is 13.2 Å². The number of anilines is 2. The Morgan fingerprint density at radius 1 is 1.63 bits per heavy atom. The van der Waals surface area contributed by atoms with Crippen LogP contribution in [-0.2, 0) is 4.74 Å². The SMILES string of the molecule is NNc1ncc([N+](=O)[O-])c(NCC2CCCOC2)n1. The lowest BCUT2D eigenvalue weighted by Crippen LogP contribution is -2.25. The maximum absolute atomic E-state index is 10.9. The number of hydrogen-bond acceptors (Lipinski definition) is 8. The van der Waals surface area contributed by atoms with E-state index in [-0.39, 0.29) is 17.5 Å². The topological polar surface area (TPSA) is 128 Å². The fourth-order valence-corrected chi connectivity index (χ4v) is 1.92. The first-order valence-corrected chi connectivity index (χ1v) is 6.00. The van der Waals surface area contributed by atoms with Gasteiger partial charge < -0.3 is 10.1 Å². The number of nitrogen functional groups attached to an aromatic ring is 1. The Hall–Kier alpha value is -2.00. The van der Waals surface area contributed by atoms with Crippen LogP contribution in [0.25, 0.3) is 0 Å². The number of nitrogens with one attached hydrogen (secondary N) is 2. The van der Waals surface area contributed by atoms with Crippen molar-refractivity contribution in [3.05, 3.63) is 16.3 Å². The van der Waals surface area contributed by atoms with E-state index in [0.717, 1.165) is 25.6 Å². The van der Waals surface area contributed by atoms with E-state index in [1.54, 1.807) is 0 Å². The van der Waals surface area contributed by atoms with E-state index in [1.807, 2.05) is 0 Å². The molecule has 2 rings (SSSR count). The average molecular weight is 268 g/mol. The molecule has 1 saturated heterocycles. The van der Waals surface area contributed by atoms with Crippen molar-refractivity contribution >= 4 is 17.5 Å². The molecule has 19 heavy (non-hydrogen) atoms. The zero-order valence-corrected chi connectivity index (χ0v) is 10.3. The van der Waals surface area contributed by atoms with Gasteiger partial charge in [-0.2, -0.15) is 4.98 Å². The summed E-state index contributed by atoms with van der Waals surface area (Å²) in [6.45, 7) is 2.02. The predicted octanol–water partition coefficient (Wildman–Crippen LogP) is 0.509. The van der Waals surface area contributed by atoms with Crippen LogP contribution in [0.5, 0.6) is 0 Å². The summed E-state index contributed by atoms with van der Waals surface area (Å²) >= 11 is 0. The lowest BCUT2D eigenvalue weighted by molar-refractivity contribution is -0.384. The lowest BCUT2D eigenvalue weighted by atomic mass is 10.0. The maximum Gasteiger partial charge on any atom is 0.329 e. The Kier molecular flexibility index (Phi) is 4.42. The smallest absolute Gasteiger partial charge is 0.329 e. The Morgan fingerprint density at radius 2 is 2.47 bits per heavy atom. The van der Waals surface area contributed by atoms with Crippen molar-refractivity contribution in [2.24, 2.45) is 11.8 Å². The number of ether oxygens (including phenoxy) is 1. The highest BCUT2D eigenvalue weighted by Crippen LogP contribution is 2.23. The number of hydrazine groups is 1. The van der Waals surface area contributed by atoms with Crippen molar-refractivity contribution in [2.45, 2.75) is 12.8 Å². The van der Waals surface area contributed by atoms with Crippen LogP contribution in [0.4, 0.5) is 17.5 Å². The molecule has 0 aromatic carbocycles. The van der Waals surface area contributed by atoms with Crippen molar-refractivity contribution < 1.29 is 9.66 Å². The van der Waals surface area contributed by atoms with Gasteiger partial charge in [-0.05, 0) is 18.8 Å². The second-order valence-electron chi connectivity index (χ2n) is 4.29. The number of nitrogens with zero attached hydrogens (tertiary/aromatic N) is 3. The van der Waals surface area contributed by atoms with Crippen molar-refractivity contribution in [1.29, 1.82) is 0 Å². The fourth-order valence-electron chi connectivity index (χ4n) is 1.92. The first kappa shape index (κ1) is 13.4. The minimum atomic E-state index is -0.528. The van der Waals surface area contributed by atoms with Crippen LogP contribution < -0.4 is 16.6 Å². The second kappa shape index (κ2) is 6.25. The molecule has 1 atom stereocenters. The lowest BCUT2D eigenvalue weighted by Gasteiger charge is -2.22. The van der Waals surface area contributed by atoms with E-state index in [0.29, 0.717) is 19.1 Å². The molecule has 1 aromatic rings. The van der Waals surface area contributed by atoms with Crippen molar-refractivity contribution in [3.8, 4) is 0 Å². The third-order valence-electron chi connectivity index (χ3n) is 2.91. The molecule has 0 bridgehead atoms. The minimum Gasteiger partial charge on any atom is -0.381 e. The zero-order chi connectivity index (χ0) is 13.7. The van der Waals surface area contributed by atoms with Crippen molar-refractivity contribution in [1.82, 2.24) is 9.97 Å². The van der Waals surface area contributed by atoms with Gasteiger partial charge in [0.2, 0.25) is 11.8 Å². The summed E-state index contributed by atoms with van der Waals surface area (Å²) in [5.41, 5.74) is 2.09. The van der Waals surface area contributed by atoms with Gasteiger partial charge in [0.05, 0.1) is 11.5 Å². The Morgan fingerprint density at radius 3 is 3.11 bits per heavy atom. The summed E-state index contributed by atoms with van der Waals surface area (Å²) < 4.78 is 5.35. The molecule has 1 aliphatic heterocycles. The van der Waals surface area contributed by atoms with E-state index in [9.17, 15) is 10.1 Å². The molecule has 1 fully saturated rings. The van der Waals surface area contributed by atoms with Crippen LogP contribution >= 0.6 is 0 Å². The molecule has 4 N–H and O–H groups in total. The highest BCUT2D eigenvalue weighted by atomic mass is 16.6. The molecule has 0 saturated carbocycles. The Bertz CT molecular complexity index is 449. The van der Waals surface area contributed by atoms with E-state index in [1.165, 1.54) is 0 Å². The van der Waals surface area contributed by atoms with E-state index < -0.39 is 4.92 Å². The molecule has 1 aromatic heterocycles. The molecule has 104 valence electrons. The first-order chi connectivity index (χ1) is 9.20. The third-order valence-corrected chi connectivity index (χ3v) is 2.91. The zero-order valence-electron chi connectivity index (χ0n) is 10.3. The number of hydrogen-bond donors (Lipinski definition) is 3. The van der Waals surface area contributed by atoms with Crippen LogP contribution in [0.15, 0.2) is 6.20 Å². The van der Waals surface area contributed by atoms with E-state index in [4.69, 9.17) is 10.6 Å². The standard InChI is InChI=1S/C10H16N6O3/c11-15-10-13-5-8(16(17)18)9(14-10)12-4-7-2-1-3-19-6-7/h5,7H,1-4,6,11H2,(H2,12,13,14,15). The summed E-state index contributed by atoms with van der Waals surface area (Å²) in [6.07, 6.45) is 3.17. The molecule has 1 unspecified atom stereocenters. The van der Waals surface area contributed by atoms with Gasteiger partial charge in [-0.25, -0.2) is 10.8 Å². The van der Waals surface area contributed by atoms with Crippen LogP contribution in [0.2, 0.25) is 0 Å². The summed E-state index contributed by atoms with van der Waals surface area (Å²) in [5.74, 6) is 5.82. The fraction of sp³-hybridized carbons (Fsp3) is 0.600. The van der Waals surface area contributed by atoms with Crippen molar-refractivity contribution in [2.75, 3.05) is 30.5 Å². The first-order valence-electron chi connectivity index (χ1n) is 6.00. The molecular formula is C10H16N6O3. The predicted molar refractivity (Wildman–Crippen MR) is 68.5 cm³/mol. The number of rotatable bonds is 5. The second-order valence-corrected chi connectivity index (χ2v) is 4.29. The van der Waals surface area contributed by atoms with Crippen LogP contribution in [0, 0.1) is 16.0 Å². The summed E-state index contributed by atoms with van der Waals surface area (Å²) in [5, 5.41) is 13.9. The normalized spacial score (nSPS) is 18.9. The van der Waals surface area contributed by atoms with Gasteiger partial charge in [0.1, 0.15) is 6.20 Å². The van der Waals surface area contributed by atoms with Gasteiger partial charge in [-0.1, -0.05) is 0 Å². The highest BCUT2D eigenvalue weighted by Gasteiger charge is 2.19. The molecule has 9 nitrogen and oxygen atoms in total. The summed E-state index contributed by atoms with van der Waals surface area (Å²) in [6, 6.07) is 0.